The highest BCUT2D eigenvalue weighted by molar-refractivity contribution is 5.82. The summed E-state index contributed by atoms with van der Waals surface area (Å²) in [6.07, 6.45) is -5.85. The van der Waals surface area contributed by atoms with Gasteiger partial charge in [-0.15, -0.1) is 0 Å². The number of alkyl halides is 3. The van der Waals surface area contributed by atoms with Crippen molar-refractivity contribution in [2.45, 2.75) is 25.2 Å². The van der Waals surface area contributed by atoms with E-state index in [1.165, 1.54) is 18.1 Å². The number of hydrogen-bond acceptors (Lipinski definition) is 4. The summed E-state index contributed by atoms with van der Waals surface area (Å²) in [6, 6.07) is 6.35. The Balaban J connectivity index is 1.81. The van der Waals surface area contributed by atoms with Crippen LogP contribution in [0.4, 0.5) is 13.2 Å². The van der Waals surface area contributed by atoms with Crippen LogP contribution in [0.2, 0.25) is 0 Å². The Morgan fingerprint density at radius 1 is 1.44 bits per heavy atom. The largest absolute Gasteiger partial charge is 0.497 e. The van der Waals surface area contributed by atoms with Gasteiger partial charge in [0, 0.05) is 30.8 Å². The smallest absolute Gasteiger partial charge is 0.435 e. The van der Waals surface area contributed by atoms with Crippen molar-refractivity contribution in [2.75, 3.05) is 13.7 Å². The summed E-state index contributed by atoms with van der Waals surface area (Å²) in [5, 5.41) is 16.0. The lowest BCUT2D eigenvalue weighted by Gasteiger charge is -2.29. The number of benzene rings is 1. The van der Waals surface area contributed by atoms with E-state index in [1.807, 2.05) is 0 Å². The molecule has 1 aliphatic rings. The molecule has 25 heavy (non-hydrogen) atoms. The maximum atomic E-state index is 13.0. The first kappa shape index (κ1) is 17.3. The van der Waals surface area contributed by atoms with Crippen LogP contribution in [0.1, 0.15) is 28.6 Å². The van der Waals surface area contributed by atoms with Crippen molar-refractivity contribution in [3.63, 3.8) is 0 Å². The summed E-state index contributed by atoms with van der Waals surface area (Å²) >= 11 is 0. The number of hydrogen-bond donors (Lipinski definition) is 2. The molecule has 134 valence electrons. The van der Waals surface area contributed by atoms with E-state index in [1.54, 1.807) is 18.2 Å². The minimum Gasteiger partial charge on any atom is -0.497 e. The zero-order valence-corrected chi connectivity index (χ0v) is 13.3. The van der Waals surface area contributed by atoms with Gasteiger partial charge in [0.2, 0.25) is 0 Å². The lowest BCUT2D eigenvalue weighted by molar-refractivity contribution is -0.145. The highest BCUT2D eigenvalue weighted by atomic mass is 19.4. The van der Waals surface area contributed by atoms with Crippen molar-refractivity contribution in [1.82, 2.24) is 15.1 Å². The molecule has 1 aromatic heterocycles. The van der Waals surface area contributed by atoms with Crippen molar-refractivity contribution in [2.24, 2.45) is 0 Å². The van der Waals surface area contributed by atoms with Gasteiger partial charge in [0.25, 0.3) is 5.91 Å². The normalized spacial score (nSPS) is 15.6. The van der Waals surface area contributed by atoms with Gasteiger partial charge in [-0.05, 0) is 17.7 Å². The first-order valence-corrected chi connectivity index (χ1v) is 7.55. The number of ether oxygens (including phenoxy) is 1. The van der Waals surface area contributed by atoms with E-state index in [-0.39, 0.29) is 25.1 Å². The topological polar surface area (TPSA) is 78.5 Å². The van der Waals surface area contributed by atoms with Gasteiger partial charge in [-0.3, -0.25) is 9.89 Å². The lowest BCUT2D eigenvalue weighted by atomic mass is 10.0. The third-order valence-corrected chi connectivity index (χ3v) is 4.16. The molecule has 0 fully saturated rings. The number of aromatic nitrogens is 2. The molecule has 0 saturated carbocycles. The quantitative estimate of drug-likeness (QED) is 0.883. The second-order valence-electron chi connectivity index (χ2n) is 5.72. The monoisotopic (exact) mass is 355 g/mol. The molecular weight excluding hydrogens is 339 g/mol. The maximum Gasteiger partial charge on any atom is 0.435 e. The molecule has 0 radical (unpaired) electrons. The Morgan fingerprint density at radius 3 is 2.88 bits per heavy atom. The average molecular weight is 355 g/mol. The van der Waals surface area contributed by atoms with E-state index < -0.39 is 23.9 Å². The molecule has 1 aliphatic heterocycles. The zero-order chi connectivity index (χ0) is 18.2. The van der Waals surface area contributed by atoms with Crippen LogP contribution >= 0.6 is 0 Å². The van der Waals surface area contributed by atoms with E-state index in [9.17, 15) is 23.1 Å². The fourth-order valence-corrected chi connectivity index (χ4v) is 2.84. The highest BCUT2D eigenvalue weighted by Crippen LogP contribution is 2.34. The zero-order valence-electron chi connectivity index (χ0n) is 13.3. The summed E-state index contributed by atoms with van der Waals surface area (Å²) in [5.74, 6) is -0.187. The SMILES string of the molecule is COc1cccc(C(O)C(=O)N2CCc3[nH]nc(C(F)(F)F)c3C2)c1. The lowest BCUT2D eigenvalue weighted by Crippen LogP contribution is -2.39. The number of aliphatic hydroxyl groups is 1. The van der Waals surface area contributed by atoms with Crippen LogP contribution in [-0.4, -0.2) is 39.8 Å². The number of rotatable bonds is 3. The Kier molecular flexibility index (Phi) is 4.42. The van der Waals surface area contributed by atoms with Gasteiger partial charge >= 0.3 is 6.18 Å². The summed E-state index contributed by atoms with van der Waals surface area (Å²) in [7, 11) is 1.46. The van der Waals surface area contributed by atoms with Crippen molar-refractivity contribution >= 4 is 5.91 Å². The Morgan fingerprint density at radius 2 is 2.20 bits per heavy atom. The predicted octanol–water partition coefficient (Wildman–Crippen LogP) is 2.06. The number of carbonyl (C=O) groups excluding carboxylic acids is 1. The standard InChI is InChI=1S/C16H16F3N3O3/c1-25-10-4-2-3-9(7-10)13(23)15(24)22-6-5-12-11(8-22)14(21-20-12)16(17,18)19/h2-4,7,13,23H,5-6,8H2,1H3,(H,20,21). The second kappa shape index (κ2) is 6.40. The number of aromatic amines is 1. The number of carbonyl (C=O) groups is 1. The third kappa shape index (κ3) is 3.32. The Bertz CT molecular complexity index is 788. The molecule has 2 aromatic rings. The molecule has 9 heteroatoms. The molecule has 1 aromatic carbocycles. The minimum atomic E-state index is -4.60. The van der Waals surface area contributed by atoms with Crippen molar-refractivity contribution < 1.29 is 27.8 Å². The number of methoxy groups -OCH3 is 1. The van der Waals surface area contributed by atoms with Crippen molar-refractivity contribution in [3.05, 3.63) is 46.8 Å². The summed E-state index contributed by atoms with van der Waals surface area (Å²) in [4.78, 5) is 13.7. The molecule has 6 nitrogen and oxygen atoms in total. The van der Waals surface area contributed by atoms with E-state index in [2.05, 4.69) is 10.2 Å². The van der Waals surface area contributed by atoms with Crippen LogP contribution in [0, 0.1) is 0 Å². The average Bonchev–Trinajstić information content (AvgIpc) is 3.04. The molecule has 0 saturated heterocycles. The molecular formula is C16H16F3N3O3. The van der Waals surface area contributed by atoms with E-state index in [0.717, 1.165) is 0 Å². The van der Waals surface area contributed by atoms with E-state index in [4.69, 9.17) is 4.74 Å². The highest BCUT2D eigenvalue weighted by Gasteiger charge is 2.40. The molecule has 2 N–H and O–H groups in total. The summed E-state index contributed by atoms with van der Waals surface area (Å²) in [5.41, 5.74) is -0.383. The van der Waals surface area contributed by atoms with Gasteiger partial charge in [-0.25, -0.2) is 0 Å². The molecule has 0 bridgehead atoms. The van der Waals surface area contributed by atoms with Gasteiger partial charge in [0.05, 0.1) is 7.11 Å². The number of H-pyrrole nitrogens is 1. The van der Waals surface area contributed by atoms with Crippen LogP contribution in [0.3, 0.4) is 0 Å². The second-order valence-corrected chi connectivity index (χ2v) is 5.72. The molecule has 1 unspecified atom stereocenters. The first-order valence-electron chi connectivity index (χ1n) is 7.55. The van der Waals surface area contributed by atoms with Crippen LogP contribution in [0.25, 0.3) is 0 Å². The number of fused-ring (bicyclic) bond motifs is 1. The summed E-state index contributed by atoms with van der Waals surface area (Å²) in [6.45, 7) is -0.0487. The Hall–Kier alpha value is -2.55. The third-order valence-electron chi connectivity index (χ3n) is 4.16. The molecule has 3 rings (SSSR count). The van der Waals surface area contributed by atoms with E-state index in [0.29, 0.717) is 17.0 Å². The van der Waals surface area contributed by atoms with Gasteiger partial charge in [0.1, 0.15) is 5.75 Å². The fourth-order valence-electron chi connectivity index (χ4n) is 2.84. The number of amides is 1. The van der Waals surface area contributed by atoms with Gasteiger partial charge in [-0.1, -0.05) is 12.1 Å². The minimum absolute atomic E-state index is 0.0510. The molecule has 1 amide bonds. The van der Waals surface area contributed by atoms with Gasteiger partial charge in [-0.2, -0.15) is 18.3 Å². The van der Waals surface area contributed by atoms with Crippen LogP contribution in [0.5, 0.6) is 5.75 Å². The summed E-state index contributed by atoms with van der Waals surface area (Å²) < 4.78 is 44.0. The van der Waals surface area contributed by atoms with Crippen molar-refractivity contribution in [1.29, 1.82) is 0 Å². The van der Waals surface area contributed by atoms with E-state index >= 15 is 0 Å². The van der Waals surface area contributed by atoms with Crippen LogP contribution in [-0.2, 0) is 23.9 Å². The first-order chi connectivity index (χ1) is 11.8. The molecule has 0 aliphatic carbocycles. The van der Waals surface area contributed by atoms with Gasteiger partial charge in [0.15, 0.2) is 11.8 Å². The molecule has 0 spiro atoms. The van der Waals surface area contributed by atoms with Gasteiger partial charge < -0.3 is 14.7 Å². The maximum absolute atomic E-state index is 13.0. The molecule has 2 heterocycles. The molecule has 1 atom stereocenters. The fraction of sp³-hybridized carbons (Fsp3) is 0.375. The Labute approximate surface area is 141 Å². The predicted molar refractivity (Wildman–Crippen MR) is 80.7 cm³/mol. The van der Waals surface area contributed by atoms with Crippen molar-refractivity contribution in [3.8, 4) is 5.75 Å². The van der Waals surface area contributed by atoms with Crippen LogP contribution < -0.4 is 4.74 Å². The number of nitrogens with zero attached hydrogens (tertiary/aromatic N) is 2. The number of aliphatic hydroxyl groups excluding tert-OH is 1. The number of nitrogens with one attached hydrogen (secondary N) is 1. The van der Waals surface area contributed by atoms with Crippen LogP contribution in [0.15, 0.2) is 24.3 Å². The number of halogens is 3.